The molecule has 2 amide bonds. The number of amides is 2. The fraction of sp³-hybridized carbons (Fsp3) is 0.353. The summed E-state index contributed by atoms with van der Waals surface area (Å²) in [6.07, 6.45) is -0.952. The van der Waals surface area contributed by atoms with Crippen molar-refractivity contribution < 1.29 is 24.2 Å². The SMILES string of the molecule is NC(=O)OC1(CC(=O)O)CCN(C(=O)c2c(N)sc3ccccc23)CC1. The summed E-state index contributed by atoms with van der Waals surface area (Å²) in [5.41, 5.74) is 10.4. The molecule has 0 aliphatic carbocycles. The molecule has 0 radical (unpaired) electrons. The summed E-state index contributed by atoms with van der Waals surface area (Å²) in [6, 6.07) is 7.49. The molecule has 1 aromatic heterocycles. The van der Waals surface area contributed by atoms with Crippen molar-refractivity contribution in [2.45, 2.75) is 24.9 Å². The lowest BCUT2D eigenvalue weighted by Gasteiger charge is -2.39. The molecular weight excluding hydrogens is 358 g/mol. The molecule has 5 N–H and O–H groups in total. The van der Waals surface area contributed by atoms with Gasteiger partial charge in [-0.1, -0.05) is 18.2 Å². The molecular formula is C17H19N3O5S. The first-order chi connectivity index (χ1) is 12.3. The fourth-order valence-corrected chi connectivity index (χ4v) is 4.33. The Morgan fingerprint density at radius 1 is 1.23 bits per heavy atom. The monoisotopic (exact) mass is 377 g/mol. The molecule has 8 nitrogen and oxygen atoms in total. The first-order valence-corrected chi connectivity index (χ1v) is 8.89. The van der Waals surface area contributed by atoms with Gasteiger partial charge in [-0.3, -0.25) is 9.59 Å². The minimum absolute atomic E-state index is 0.204. The molecule has 0 unspecified atom stereocenters. The van der Waals surface area contributed by atoms with Crippen molar-refractivity contribution >= 4 is 44.4 Å². The van der Waals surface area contributed by atoms with E-state index >= 15 is 0 Å². The molecule has 1 fully saturated rings. The quantitative estimate of drug-likeness (QED) is 0.746. The van der Waals surface area contributed by atoms with Gasteiger partial charge in [0, 0.05) is 36.0 Å². The summed E-state index contributed by atoms with van der Waals surface area (Å²) < 4.78 is 6.03. The van der Waals surface area contributed by atoms with E-state index in [4.69, 9.17) is 21.3 Å². The minimum atomic E-state index is -1.18. The topological polar surface area (TPSA) is 136 Å². The number of benzene rings is 1. The molecule has 0 bridgehead atoms. The number of nitrogens with two attached hydrogens (primary N) is 2. The van der Waals surface area contributed by atoms with Crippen molar-refractivity contribution in [1.29, 1.82) is 0 Å². The number of nitrogen functional groups attached to an aromatic ring is 1. The van der Waals surface area contributed by atoms with Crippen molar-refractivity contribution in [3.63, 3.8) is 0 Å². The van der Waals surface area contributed by atoms with E-state index in [1.54, 1.807) is 4.90 Å². The maximum Gasteiger partial charge on any atom is 0.405 e. The summed E-state index contributed by atoms with van der Waals surface area (Å²) in [5.74, 6) is -1.29. The van der Waals surface area contributed by atoms with Gasteiger partial charge in [0.15, 0.2) is 0 Å². The molecule has 0 saturated carbocycles. The zero-order chi connectivity index (χ0) is 18.9. The van der Waals surface area contributed by atoms with Crippen molar-refractivity contribution in [2.75, 3.05) is 18.8 Å². The largest absolute Gasteiger partial charge is 0.481 e. The number of hydrogen-bond acceptors (Lipinski definition) is 6. The smallest absolute Gasteiger partial charge is 0.405 e. The first kappa shape index (κ1) is 18.0. The Kier molecular flexibility index (Phi) is 4.73. The lowest BCUT2D eigenvalue weighted by Crippen LogP contribution is -2.50. The number of aliphatic carboxylic acids is 1. The third-order valence-corrected chi connectivity index (χ3v) is 5.59. The second kappa shape index (κ2) is 6.83. The van der Waals surface area contributed by atoms with Crippen LogP contribution in [-0.4, -0.2) is 46.7 Å². The standard InChI is InChI=1S/C17H19N3O5S/c18-14-13(10-3-1-2-4-11(10)26-14)15(23)20-7-5-17(6-8-20,9-12(21)22)25-16(19)24/h1-4H,5-9,18H2,(H2,19,24)(H,21,22). The van der Waals surface area contributed by atoms with Gasteiger partial charge in [0.05, 0.1) is 17.0 Å². The van der Waals surface area contributed by atoms with Gasteiger partial charge in [-0.25, -0.2) is 4.79 Å². The van der Waals surface area contributed by atoms with Crippen LogP contribution in [0.2, 0.25) is 0 Å². The summed E-state index contributed by atoms with van der Waals surface area (Å²) >= 11 is 1.35. The molecule has 0 atom stereocenters. The molecule has 26 heavy (non-hydrogen) atoms. The zero-order valence-electron chi connectivity index (χ0n) is 13.9. The van der Waals surface area contributed by atoms with Crippen LogP contribution < -0.4 is 11.5 Å². The molecule has 138 valence electrons. The molecule has 1 aliphatic heterocycles. The average molecular weight is 377 g/mol. The maximum atomic E-state index is 13.0. The number of carboxylic acid groups (broad SMARTS) is 1. The van der Waals surface area contributed by atoms with Gasteiger partial charge in [-0.05, 0) is 6.07 Å². The third-order valence-electron chi connectivity index (χ3n) is 4.59. The van der Waals surface area contributed by atoms with E-state index in [2.05, 4.69) is 0 Å². The van der Waals surface area contributed by atoms with Crippen LogP contribution in [0, 0.1) is 0 Å². The second-order valence-electron chi connectivity index (χ2n) is 6.30. The van der Waals surface area contributed by atoms with Crippen LogP contribution >= 0.6 is 11.3 Å². The highest BCUT2D eigenvalue weighted by Gasteiger charge is 2.41. The average Bonchev–Trinajstić information content (AvgIpc) is 2.89. The number of anilines is 1. The lowest BCUT2D eigenvalue weighted by molar-refractivity contribution is -0.144. The van der Waals surface area contributed by atoms with Crippen LogP contribution in [0.4, 0.5) is 9.80 Å². The number of fused-ring (bicyclic) bond motifs is 1. The number of primary amides is 1. The van der Waals surface area contributed by atoms with Crippen molar-refractivity contribution in [2.24, 2.45) is 5.73 Å². The molecule has 1 saturated heterocycles. The number of hydrogen-bond donors (Lipinski definition) is 3. The zero-order valence-corrected chi connectivity index (χ0v) is 14.8. The van der Waals surface area contributed by atoms with Crippen molar-refractivity contribution in [3.05, 3.63) is 29.8 Å². The summed E-state index contributed by atoms with van der Waals surface area (Å²) in [6.45, 7) is 0.506. The number of nitrogens with zero attached hydrogens (tertiary/aromatic N) is 1. The number of piperidine rings is 1. The second-order valence-corrected chi connectivity index (χ2v) is 7.39. The Morgan fingerprint density at radius 2 is 1.88 bits per heavy atom. The number of likely N-dealkylation sites (tertiary alicyclic amines) is 1. The van der Waals surface area contributed by atoms with E-state index in [9.17, 15) is 14.4 Å². The highest BCUT2D eigenvalue weighted by atomic mass is 32.1. The van der Waals surface area contributed by atoms with E-state index in [-0.39, 0.29) is 38.3 Å². The third kappa shape index (κ3) is 3.43. The Hall–Kier alpha value is -2.81. The maximum absolute atomic E-state index is 13.0. The molecule has 0 spiro atoms. The van der Waals surface area contributed by atoms with Crippen molar-refractivity contribution in [1.82, 2.24) is 4.90 Å². The van der Waals surface area contributed by atoms with Gasteiger partial charge in [0.25, 0.3) is 5.91 Å². The number of carbonyl (C=O) groups excluding carboxylic acids is 2. The Bertz CT molecular complexity index is 852. The Labute approximate surface area is 153 Å². The van der Waals surface area contributed by atoms with Gasteiger partial charge in [0.1, 0.15) is 5.60 Å². The Balaban J connectivity index is 1.80. The van der Waals surface area contributed by atoms with Gasteiger partial charge < -0.3 is 26.2 Å². The van der Waals surface area contributed by atoms with Crippen LogP contribution in [0.15, 0.2) is 24.3 Å². The van der Waals surface area contributed by atoms with E-state index in [0.29, 0.717) is 10.6 Å². The normalized spacial score (nSPS) is 16.4. The van der Waals surface area contributed by atoms with Crippen LogP contribution in [0.5, 0.6) is 0 Å². The highest BCUT2D eigenvalue weighted by molar-refractivity contribution is 7.23. The van der Waals surface area contributed by atoms with E-state index < -0.39 is 17.7 Å². The molecule has 3 rings (SSSR count). The first-order valence-electron chi connectivity index (χ1n) is 8.08. The summed E-state index contributed by atoms with van der Waals surface area (Å²) in [7, 11) is 0. The number of carboxylic acids is 1. The van der Waals surface area contributed by atoms with Gasteiger partial charge in [-0.2, -0.15) is 0 Å². The Morgan fingerprint density at radius 3 is 2.50 bits per heavy atom. The van der Waals surface area contributed by atoms with E-state index in [1.165, 1.54) is 11.3 Å². The number of ether oxygens (including phenoxy) is 1. The lowest BCUT2D eigenvalue weighted by atomic mass is 9.87. The predicted molar refractivity (Wildman–Crippen MR) is 97.0 cm³/mol. The molecule has 1 aliphatic rings. The minimum Gasteiger partial charge on any atom is -0.481 e. The summed E-state index contributed by atoms with van der Waals surface area (Å²) in [4.78, 5) is 36.8. The predicted octanol–water partition coefficient (Wildman–Crippen LogP) is 2.03. The van der Waals surface area contributed by atoms with Crippen LogP contribution in [-0.2, 0) is 9.53 Å². The number of carbonyl (C=O) groups is 3. The van der Waals surface area contributed by atoms with E-state index in [1.807, 2.05) is 24.3 Å². The molecule has 2 heterocycles. The van der Waals surface area contributed by atoms with Crippen LogP contribution in [0.25, 0.3) is 10.1 Å². The highest BCUT2D eigenvalue weighted by Crippen LogP contribution is 2.36. The molecule has 9 heteroatoms. The van der Waals surface area contributed by atoms with Gasteiger partial charge >= 0.3 is 12.1 Å². The van der Waals surface area contributed by atoms with Crippen molar-refractivity contribution in [3.8, 4) is 0 Å². The molecule has 2 aromatic rings. The van der Waals surface area contributed by atoms with Gasteiger partial charge in [0.2, 0.25) is 0 Å². The fourth-order valence-electron chi connectivity index (χ4n) is 3.36. The summed E-state index contributed by atoms with van der Waals surface area (Å²) in [5, 5.41) is 10.3. The molecule has 1 aromatic carbocycles. The number of rotatable bonds is 4. The van der Waals surface area contributed by atoms with Crippen LogP contribution in [0.3, 0.4) is 0 Å². The van der Waals surface area contributed by atoms with Gasteiger partial charge in [-0.15, -0.1) is 11.3 Å². The van der Waals surface area contributed by atoms with E-state index in [0.717, 1.165) is 10.1 Å². The number of thiophene rings is 1. The van der Waals surface area contributed by atoms with Crippen LogP contribution in [0.1, 0.15) is 29.6 Å².